The Morgan fingerprint density at radius 3 is 1.38 bits per heavy atom. The summed E-state index contributed by atoms with van der Waals surface area (Å²) in [6.45, 7) is 5.04. The maximum Gasteiger partial charge on any atom is 0.326 e. The number of amides is 6. The van der Waals surface area contributed by atoms with Gasteiger partial charge in [0.05, 0.1) is 25.9 Å². The fourth-order valence-electron chi connectivity index (χ4n) is 4.40. The first-order valence-corrected chi connectivity index (χ1v) is 16.6. The van der Waals surface area contributed by atoms with Crippen LogP contribution in [-0.2, 0) is 33.6 Å². The van der Waals surface area contributed by atoms with Crippen molar-refractivity contribution in [3.05, 3.63) is 0 Å². The molecule has 22 nitrogen and oxygen atoms in total. The molecule has 0 aromatic carbocycles. The van der Waals surface area contributed by atoms with Crippen LogP contribution >= 0.6 is 0 Å². The third-order valence-corrected chi connectivity index (χ3v) is 7.42. The summed E-state index contributed by atoms with van der Waals surface area (Å²) in [5.41, 5.74) is 16.0. The van der Waals surface area contributed by atoms with E-state index in [4.69, 9.17) is 17.2 Å². The van der Waals surface area contributed by atoms with Gasteiger partial charge in [-0.05, 0) is 38.0 Å². The molecule has 0 aromatic rings. The van der Waals surface area contributed by atoms with Crippen LogP contribution < -0.4 is 49.1 Å². The van der Waals surface area contributed by atoms with Crippen LogP contribution in [0, 0.1) is 11.8 Å². The highest BCUT2D eigenvalue weighted by Crippen LogP contribution is 2.10. The number of nitrogens with two attached hydrogens (primary N) is 3. The summed E-state index contributed by atoms with van der Waals surface area (Å²) in [7, 11) is 0. The molecule has 0 aromatic heterocycles. The summed E-state index contributed by atoms with van der Waals surface area (Å²) in [5, 5.41) is 61.9. The van der Waals surface area contributed by atoms with Gasteiger partial charge in [-0.1, -0.05) is 27.7 Å². The van der Waals surface area contributed by atoms with Gasteiger partial charge in [-0.25, -0.2) is 4.79 Å². The van der Waals surface area contributed by atoms with E-state index >= 15 is 0 Å². The number of hydrogen-bond donors (Lipinski definition) is 14. The van der Waals surface area contributed by atoms with Crippen LogP contribution in [0.4, 0.5) is 0 Å². The highest BCUT2D eigenvalue weighted by Gasteiger charge is 2.34. The van der Waals surface area contributed by atoms with Crippen LogP contribution in [0.3, 0.4) is 0 Å². The van der Waals surface area contributed by atoms with Crippen LogP contribution in [0.1, 0.15) is 53.9 Å². The second kappa shape index (κ2) is 23.8. The number of carbonyl (C=O) groups is 7. The first-order valence-electron chi connectivity index (χ1n) is 16.6. The van der Waals surface area contributed by atoms with Gasteiger partial charge in [0.2, 0.25) is 35.4 Å². The number of aliphatic hydroxyl groups is 4. The summed E-state index contributed by atoms with van der Waals surface area (Å²) < 4.78 is 0. The zero-order valence-electron chi connectivity index (χ0n) is 30.0. The van der Waals surface area contributed by atoms with Gasteiger partial charge in [-0.2, -0.15) is 0 Å². The molecule has 6 amide bonds. The fourth-order valence-corrected chi connectivity index (χ4v) is 4.40. The molecule has 8 atom stereocenters. The van der Waals surface area contributed by atoms with Crippen molar-refractivity contribution in [2.24, 2.45) is 34.0 Å². The predicted molar refractivity (Wildman–Crippen MR) is 184 cm³/mol. The zero-order chi connectivity index (χ0) is 40.3. The number of aliphatic carboxylic acids is 1. The van der Waals surface area contributed by atoms with E-state index in [0.717, 1.165) is 0 Å². The molecule has 0 radical (unpaired) electrons. The highest BCUT2D eigenvalue weighted by atomic mass is 16.4. The summed E-state index contributed by atoms with van der Waals surface area (Å²) in [4.78, 5) is 92.9. The molecule has 0 spiro atoms. The first-order chi connectivity index (χ1) is 24.2. The van der Waals surface area contributed by atoms with E-state index in [1.807, 2.05) is 0 Å². The van der Waals surface area contributed by atoms with Crippen LogP contribution in [0.5, 0.6) is 0 Å². The molecule has 22 heteroatoms. The molecule has 0 saturated heterocycles. The van der Waals surface area contributed by atoms with E-state index in [2.05, 4.69) is 36.9 Å². The highest BCUT2D eigenvalue weighted by molar-refractivity contribution is 5.97. The van der Waals surface area contributed by atoms with Crippen molar-refractivity contribution >= 4 is 47.4 Å². The molecule has 0 bridgehead atoms. The second-order valence-electron chi connectivity index (χ2n) is 12.8. The Balaban J connectivity index is 5.75. The Hall–Kier alpha value is -4.64. The van der Waals surface area contributed by atoms with Crippen LogP contribution in [0.15, 0.2) is 4.99 Å². The molecule has 52 heavy (non-hydrogen) atoms. The van der Waals surface area contributed by atoms with E-state index in [0.29, 0.717) is 0 Å². The van der Waals surface area contributed by atoms with E-state index in [9.17, 15) is 59.1 Å². The zero-order valence-corrected chi connectivity index (χ0v) is 30.0. The normalized spacial score (nSPS) is 15.8. The van der Waals surface area contributed by atoms with Crippen LogP contribution in [0.2, 0.25) is 0 Å². The SMILES string of the molecule is CC(C)C[C@H](NC(=O)[C@H](CO)NC(=O)[C@H](CO)NC(=O)[C@H](CO)NC(=O)[C@@H](N)[C@@H](C)O)C(=O)N[C@H](C(=O)N[C@@H](CCCN=C(N)N)C(=O)O)C(C)C. The molecule has 0 rings (SSSR count). The van der Waals surface area contributed by atoms with Crippen LogP contribution in [-0.4, -0.2) is 148 Å². The lowest BCUT2D eigenvalue weighted by Crippen LogP contribution is -2.62. The molecule has 0 fully saturated rings. The smallest absolute Gasteiger partial charge is 0.326 e. The molecule has 17 N–H and O–H groups in total. The number of nitrogens with one attached hydrogen (secondary N) is 6. The maximum absolute atomic E-state index is 13.4. The number of carboxylic acid groups (broad SMARTS) is 1. The van der Waals surface area contributed by atoms with Gasteiger partial charge in [0.25, 0.3) is 0 Å². The number of aliphatic hydroxyl groups excluding tert-OH is 4. The van der Waals surface area contributed by atoms with Crippen molar-refractivity contribution in [1.29, 1.82) is 0 Å². The standard InChI is InChI=1S/C30H56N10O12/c1-13(2)9-17(23(45)40-22(14(3)4)28(50)35-16(29(51)52)7-6-8-34-30(32)33)36-24(46)18(10-41)37-25(47)19(11-42)38-26(48)20(12-43)39-27(49)21(31)15(5)44/h13-22,41-44H,6-12,31H2,1-5H3,(H,35,50)(H,36,46)(H,37,47)(H,38,48)(H,39,49)(H,40,45)(H,51,52)(H4,32,33,34)/t15-,16+,17+,18+,19+,20+,21+,22+/m1/s1. The number of nitrogens with zero attached hydrogens (tertiary/aromatic N) is 1. The molecule has 298 valence electrons. The third kappa shape index (κ3) is 17.0. The second-order valence-corrected chi connectivity index (χ2v) is 12.8. The summed E-state index contributed by atoms with van der Waals surface area (Å²) in [6, 6.07) is -10.4. The van der Waals surface area contributed by atoms with Crippen molar-refractivity contribution in [2.75, 3.05) is 26.4 Å². The monoisotopic (exact) mass is 748 g/mol. The lowest BCUT2D eigenvalue weighted by atomic mass is 9.99. The Morgan fingerprint density at radius 2 is 1.02 bits per heavy atom. The third-order valence-electron chi connectivity index (χ3n) is 7.42. The van der Waals surface area contributed by atoms with Gasteiger partial charge in [-0.15, -0.1) is 0 Å². The van der Waals surface area contributed by atoms with Crippen molar-refractivity contribution in [3.8, 4) is 0 Å². The number of carboxylic acids is 1. The van der Waals surface area contributed by atoms with Crippen molar-refractivity contribution in [1.82, 2.24) is 31.9 Å². The quantitative estimate of drug-likeness (QED) is 0.0248. The number of guanidine groups is 1. The van der Waals surface area contributed by atoms with Crippen molar-refractivity contribution in [3.63, 3.8) is 0 Å². The minimum Gasteiger partial charge on any atom is -0.480 e. The maximum atomic E-state index is 13.4. The Kier molecular flexibility index (Phi) is 21.6. The van der Waals surface area contributed by atoms with Crippen molar-refractivity contribution < 1.29 is 59.1 Å². The molecule has 0 unspecified atom stereocenters. The number of carbonyl (C=O) groups excluding carboxylic acids is 6. The molecule has 0 aliphatic rings. The largest absolute Gasteiger partial charge is 0.480 e. The average Bonchev–Trinajstić information content (AvgIpc) is 3.06. The van der Waals surface area contributed by atoms with Crippen LogP contribution in [0.25, 0.3) is 0 Å². The van der Waals surface area contributed by atoms with E-state index in [1.54, 1.807) is 27.7 Å². The average molecular weight is 749 g/mol. The number of rotatable bonds is 24. The van der Waals surface area contributed by atoms with Gasteiger partial charge < -0.3 is 74.6 Å². The number of aliphatic imine (C=N–C) groups is 1. The van der Waals surface area contributed by atoms with E-state index in [1.165, 1.54) is 6.92 Å². The molecule has 0 heterocycles. The number of hydrogen-bond acceptors (Lipinski definition) is 13. The Labute approximate surface area is 301 Å². The molecule has 0 aliphatic heterocycles. The molecular formula is C30H56N10O12. The molecular weight excluding hydrogens is 692 g/mol. The van der Waals surface area contributed by atoms with Crippen molar-refractivity contribution in [2.45, 2.75) is 102 Å². The summed E-state index contributed by atoms with van der Waals surface area (Å²) >= 11 is 0. The van der Waals surface area contributed by atoms with E-state index < -0.39 is 116 Å². The van der Waals surface area contributed by atoms with Gasteiger partial charge >= 0.3 is 5.97 Å². The minimum absolute atomic E-state index is 0.0189. The lowest BCUT2D eigenvalue weighted by Gasteiger charge is -2.28. The lowest BCUT2D eigenvalue weighted by molar-refractivity contribution is -0.143. The first kappa shape index (κ1) is 47.4. The fraction of sp³-hybridized carbons (Fsp3) is 0.733. The van der Waals surface area contributed by atoms with Gasteiger partial charge in [0, 0.05) is 6.54 Å². The van der Waals surface area contributed by atoms with Gasteiger partial charge in [0.15, 0.2) is 5.96 Å². The summed E-state index contributed by atoms with van der Waals surface area (Å²) in [5.74, 6) is -8.22. The molecule has 0 aliphatic carbocycles. The van der Waals surface area contributed by atoms with E-state index in [-0.39, 0.29) is 37.7 Å². The topological polar surface area (TPSA) is 383 Å². The van der Waals surface area contributed by atoms with Gasteiger partial charge in [0.1, 0.15) is 42.3 Å². The Bertz CT molecular complexity index is 1250. The van der Waals surface area contributed by atoms with Gasteiger partial charge in [-0.3, -0.25) is 33.8 Å². The Morgan fingerprint density at radius 1 is 0.615 bits per heavy atom. The summed E-state index contributed by atoms with van der Waals surface area (Å²) in [6.07, 6.45) is -1.06. The minimum atomic E-state index is -1.74. The molecule has 0 saturated carbocycles. The predicted octanol–water partition coefficient (Wildman–Crippen LogP) is -6.58.